The molecule has 0 unspecified atom stereocenters. The highest BCUT2D eigenvalue weighted by Gasteiger charge is 2.20. The van der Waals surface area contributed by atoms with Crippen molar-refractivity contribution < 1.29 is 13.5 Å². The van der Waals surface area contributed by atoms with Gasteiger partial charge in [0.25, 0.3) is 0 Å². The molecule has 150 valence electrons. The summed E-state index contributed by atoms with van der Waals surface area (Å²) >= 11 is 11.4. The van der Waals surface area contributed by atoms with Crippen LogP contribution in [0.15, 0.2) is 42.5 Å². The molecule has 0 saturated carbocycles. The Balaban J connectivity index is 1.55. The van der Waals surface area contributed by atoms with Gasteiger partial charge in [0.05, 0.1) is 5.69 Å². The second-order valence-corrected chi connectivity index (χ2v) is 7.52. The fraction of sp³-hybridized carbons (Fsp3) is 0.350. The molecular formula is C20H22ClF2N3OS. The smallest absolute Gasteiger partial charge is 0.387 e. The number of aryl methyl sites for hydroxylation is 1. The van der Waals surface area contributed by atoms with Crippen LogP contribution in [0.5, 0.6) is 5.75 Å². The number of nitrogens with zero attached hydrogens (tertiary/aromatic N) is 2. The second kappa shape index (κ2) is 9.49. The molecule has 1 saturated heterocycles. The third kappa shape index (κ3) is 5.77. The van der Waals surface area contributed by atoms with E-state index in [-0.39, 0.29) is 5.75 Å². The van der Waals surface area contributed by atoms with Crippen molar-refractivity contribution >= 4 is 34.6 Å². The molecule has 3 rings (SSSR count). The normalized spacial score (nSPS) is 15.0. The fourth-order valence-electron chi connectivity index (χ4n) is 3.09. The number of hydrogen-bond donors (Lipinski definition) is 1. The van der Waals surface area contributed by atoms with Crippen LogP contribution < -0.4 is 10.1 Å². The lowest BCUT2D eigenvalue weighted by Crippen LogP contribution is -2.49. The third-order valence-corrected chi connectivity index (χ3v) is 5.18. The van der Waals surface area contributed by atoms with Gasteiger partial charge in [-0.1, -0.05) is 29.8 Å². The summed E-state index contributed by atoms with van der Waals surface area (Å²) in [6.07, 6.45) is 0. The molecule has 28 heavy (non-hydrogen) atoms. The van der Waals surface area contributed by atoms with Crippen molar-refractivity contribution in [2.45, 2.75) is 20.1 Å². The minimum absolute atomic E-state index is 0.0873. The molecule has 0 spiro atoms. The van der Waals surface area contributed by atoms with E-state index in [4.69, 9.17) is 23.8 Å². The highest BCUT2D eigenvalue weighted by atomic mass is 35.5. The summed E-state index contributed by atoms with van der Waals surface area (Å²) in [6, 6.07) is 12.9. The van der Waals surface area contributed by atoms with Gasteiger partial charge in [-0.25, -0.2) is 0 Å². The van der Waals surface area contributed by atoms with Crippen molar-refractivity contribution in [3.8, 4) is 5.75 Å². The quantitative estimate of drug-likeness (QED) is 0.697. The topological polar surface area (TPSA) is 27.7 Å². The number of anilines is 1. The monoisotopic (exact) mass is 425 g/mol. The van der Waals surface area contributed by atoms with Gasteiger partial charge in [0.2, 0.25) is 0 Å². The Morgan fingerprint density at radius 1 is 1.14 bits per heavy atom. The standard InChI is InChI=1S/C20H22ClF2N3OS/c1-14-2-7-18(27-19(22)23)17(12-14)24-20(28)26-10-8-25(9-11-26)13-15-3-5-16(21)6-4-15/h2-7,12,19H,8-11,13H2,1H3,(H,24,28). The van der Waals surface area contributed by atoms with Gasteiger partial charge in [-0.05, 0) is 54.5 Å². The second-order valence-electron chi connectivity index (χ2n) is 6.70. The maximum atomic E-state index is 12.6. The van der Waals surface area contributed by atoms with E-state index in [1.165, 1.54) is 11.6 Å². The predicted molar refractivity (Wildman–Crippen MR) is 112 cm³/mol. The number of ether oxygens (including phenoxy) is 1. The van der Waals surface area contributed by atoms with Gasteiger partial charge in [-0.3, -0.25) is 4.90 Å². The molecule has 0 atom stereocenters. The SMILES string of the molecule is Cc1ccc(OC(F)F)c(NC(=S)N2CCN(Cc3ccc(Cl)cc3)CC2)c1. The Kier molecular flexibility index (Phi) is 7.04. The van der Waals surface area contributed by atoms with E-state index < -0.39 is 6.61 Å². The molecule has 1 aliphatic heterocycles. The molecular weight excluding hydrogens is 404 g/mol. The first kappa shape index (κ1) is 20.8. The summed E-state index contributed by atoms with van der Waals surface area (Å²) in [5.41, 5.74) is 2.60. The van der Waals surface area contributed by atoms with Crippen LogP contribution in [-0.2, 0) is 6.54 Å². The summed E-state index contributed by atoms with van der Waals surface area (Å²) in [5.74, 6) is 0.0873. The van der Waals surface area contributed by atoms with Gasteiger partial charge in [-0.15, -0.1) is 0 Å². The van der Waals surface area contributed by atoms with Crippen molar-refractivity contribution in [3.63, 3.8) is 0 Å². The van der Waals surface area contributed by atoms with Crippen LogP contribution in [0.3, 0.4) is 0 Å². The van der Waals surface area contributed by atoms with Gasteiger partial charge >= 0.3 is 6.61 Å². The molecule has 1 fully saturated rings. The number of benzene rings is 2. The van der Waals surface area contributed by atoms with Crippen molar-refractivity contribution in [2.24, 2.45) is 0 Å². The first-order chi connectivity index (χ1) is 13.4. The van der Waals surface area contributed by atoms with Crippen LogP contribution in [0.1, 0.15) is 11.1 Å². The van der Waals surface area contributed by atoms with E-state index in [1.54, 1.807) is 12.1 Å². The fourth-order valence-corrected chi connectivity index (χ4v) is 3.51. The van der Waals surface area contributed by atoms with Crippen LogP contribution in [0.25, 0.3) is 0 Å². The minimum atomic E-state index is -2.88. The molecule has 2 aromatic rings. The number of thiocarbonyl (C=S) groups is 1. The highest BCUT2D eigenvalue weighted by molar-refractivity contribution is 7.80. The maximum absolute atomic E-state index is 12.6. The summed E-state index contributed by atoms with van der Waals surface area (Å²) in [4.78, 5) is 4.39. The molecule has 0 aromatic heterocycles. The lowest BCUT2D eigenvalue weighted by molar-refractivity contribution is -0.0493. The van der Waals surface area contributed by atoms with Crippen LogP contribution >= 0.6 is 23.8 Å². The maximum Gasteiger partial charge on any atom is 0.387 e. The summed E-state index contributed by atoms with van der Waals surface area (Å²) < 4.78 is 29.9. The number of nitrogens with one attached hydrogen (secondary N) is 1. The van der Waals surface area contributed by atoms with E-state index in [9.17, 15) is 8.78 Å². The zero-order valence-corrected chi connectivity index (χ0v) is 17.1. The largest absolute Gasteiger partial charge is 0.433 e. The van der Waals surface area contributed by atoms with E-state index in [0.29, 0.717) is 10.8 Å². The molecule has 4 nitrogen and oxygen atoms in total. The molecule has 8 heteroatoms. The molecule has 0 radical (unpaired) electrons. The van der Waals surface area contributed by atoms with Crippen LogP contribution in [0, 0.1) is 6.92 Å². The number of rotatable bonds is 5. The number of piperazine rings is 1. The first-order valence-electron chi connectivity index (χ1n) is 8.99. The lowest BCUT2D eigenvalue weighted by atomic mass is 10.2. The first-order valence-corrected chi connectivity index (χ1v) is 9.77. The van der Waals surface area contributed by atoms with E-state index in [2.05, 4.69) is 15.0 Å². The van der Waals surface area contributed by atoms with Gasteiger partial charge < -0.3 is 15.0 Å². The molecule has 2 aromatic carbocycles. The summed E-state index contributed by atoms with van der Waals surface area (Å²) in [6.45, 7) is 3.10. The highest BCUT2D eigenvalue weighted by Crippen LogP contribution is 2.27. The van der Waals surface area contributed by atoms with Gasteiger partial charge in [0.1, 0.15) is 5.75 Å². The van der Waals surface area contributed by atoms with E-state index >= 15 is 0 Å². The van der Waals surface area contributed by atoms with Crippen molar-refractivity contribution in [2.75, 3.05) is 31.5 Å². The Morgan fingerprint density at radius 3 is 2.46 bits per heavy atom. The lowest BCUT2D eigenvalue weighted by Gasteiger charge is -2.36. The van der Waals surface area contributed by atoms with Crippen LogP contribution in [0.4, 0.5) is 14.5 Å². The van der Waals surface area contributed by atoms with Gasteiger partial charge in [-0.2, -0.15) is 8.78 Å². The van der Waals surface area contributed by atoms with Crippen LogP contribution in [-0.4, -0.2) is 47.7 Å². The Bertz CT molecular complexity index is 812. The molecule has 0 amide bonds. The van der Waals surface area contributed by atoms with Crippen molar-refractivity contribution in [1.29, 1.82) is 0 Å². The molecule has 1 aliphatic rings. The predicted octanol–water partition coefficient (Wildman–Crippen LogP) is 4.76. The van der Waals surface area contributed by atoms with Gasteiger partial charge in [0, 0.05) is 37.7 Å². The summed E-state index contributed by atoms with van der Waals surface area (Å²) in [7, 11) is 0. The zero-order valence-electron chi connectivity index (χ0n) is 15.5. The minimum Gasteiger partial charge on any atom is -0.433 e. The Hall–Kier alpha value is -1.96. The number of alkyl halides is 2. The van der Waals surface area contributed by atoms with Crippen molar-refractivity contribution in [1.82, 2.24) is 9.80 Å². The average Bonchev–Trinajstić information content (AvgIpc) is 2.66. The molecule has 1 N–H and O–H groups in total. The van der Waals surface area contributed by atoms with E-state index in [1.807, 2.05) is 36.1 Å². The van der Waals surface area contributed by atoms with Gasteiger partial charge in [0.15, 0.2) is 5.11 Å². The zero-order chi connectivity index (χ0) is 20.1. The third-order valence-electron chi connectivity index (χ3n) is 4.57. The molecule has 0 bridgehead atoms. The number of halogens is 3. The van der Waals surface area contributed by atoms with E-state index in [0.717, 1.165) is 43.3 Å². The summed E-state index contributed by atoms with van der Waals surface area (Å²) in [5, 5.41) is 4.31. The van der Waals surface area contributed by atoms with Crippen LogP contribution in [0.2, 0.25) is 5.02 Å². The molecule has 1 heterocycles. The Labute approximate surface area is 174 Å². The average molecular weight is 426 g/mol. The Morgan fingerprint density at radius 2 is 1.82 bits per heavy atom. The molecule has 0 aliphatic carbocycles. The number of hydrogen-bond acceptors (Lipinski definition) is 3. The van der Waals surface area contributed by atoms with Crippen molar-refractivity contribution in [3.05, 3.63) is 58.6 Å².